The van der Waals surface area contributed by atoms with Crippen molar-refractivity contribution < 1.29 is 9.15 Å². The van der Waals surface area contributed by atoms with E-state index in [0.29, 0.717) is 5.95 Å². The van der Waals surface area contributed by atoms with Crippen molar-refractivity contribution >= 4 is 0 Å². The van der Waals surface area contributed by atoms with Gasteiger partial charge >= 0.3 is 0 Å². The van der Waals surface area contributed by atoms with E-state index in [1.54, 1.807) is 6.26 Å². The van der Waals surface area contributed by atoms with Crippen LogP contribution < -0.4 is 4.74 Å². The molecule has 0 atom stereocenters. The first kappa shape index (κ1) is 11.2. The summed E-state index contributed by atoms with van der Waals surface area (Å²) in [5.74, 6) is 0.638. The van der Waals surface area contributed by atoms with Crippen LogP contribution in [0.15, 0.2) is 22.8 Å². The third-order valence-electron chi connectivity index (χ3n) is 2.24. The van der Waals surface area contributed by atoms with Gasteiger partial charge in [0.25, 0.3) is 5.95 Å². The zero-order valence-corrected chi connectivity index (χ0v) is 9.00. The predicted molar refractivity (Wildman–Crippen MR) is 57.6 cm³/mol. The van der Waals surface area contributed by atoms with E-state index >= 15 is 0 Å². The molecule has 1 rings (SSSR count). The molecule has 0 spiro atoms. The summed E-state index contributed by atoms with van der Waals surface area (Å²) in [4.78, 5) is 0. The molecule has 0 aliphatic heterocycles. The van der Waals surface area contributed by atoms with Gasteiger partial charge in [-0.05, 0) is 12.5 Å². The molecule has 80 valence electrons. The van der Waals surface area contributed by atoms with Crippen LogP contribution in [0, 0.1) is 0 Å². The highest BCUT2D eigenvalue weighted by molar-refractivity contribution is 5.03. The summed E-state index contributed by atoms with van der Waals surface area (Å²) >= 11 is 0. The quantitative estimate of drug-likeness (QED) is 0.586. The van der Waals surface area contributed by atoms with Gasteiger partial charge in [0.15, 0.2) is 0 Å². The summed E-state index contributed by atoms with van der Waals surface area (Å²) in [5.41, 5.74) is 0. The van der Waals surface area contributed by atoms with E-state index in [2.05, 4.69) is 6.92 Å². The van der Waals surface area contributed by atoms with Gasteiger partial charge in [0.2, 0.25) is 0 Å². The average Bonchev–Trinajstić information content (AvgIpc) is 2.69. The molecule has 2 heteroatoms. The van der Waals surface area contributed by atoms with Crippen LogP contribution in [-0.2, 0) is 0 Å². The smallest absolute Gasteiger partial charge is 0.284 e. The summed E-state index contributed by atoms with van der Waals surface area (Å²) in [5, 5.41) is 0. The van der Waals surface area contributed by atoms with Crippen LogP contribution in [0.4, 0.5) is 0 Å². The van der Waals surface area contributed by atoms with Crippen molar-refractivity contribution in [1.29, 1.82) is 0 Å². The molecule has 0 aromatic carbocycles. The summed E-state index contributed by atoms with van der Waals surface area (Å²) < 4.78 is 10.4. The first-order chi connectivity index (χ1) is 6.93. The second-order valence-electron chi connectivity index (χ2n) is 3.55. The number of hydrogen-bond donors (Lipinski definition) is 0. The first-order valence-electron chi connectivity index (χ1n) is 5.60. The van der Waals surface area contributed by atoms with Crippen LogP contribution in [0.2, 0.25) is 0 Å². The highest BCUT2D eigenvalue weighted by atomic mass is 16.6. The van der Waals surface area contributed by atoms with Crippen LogP contribution in [-0.4, -0.2) is 6.61 Å². The third kappa shape index (κ3) is 4.95. The van der Waals surface area contributed by atoms with Crippen molar-refractivity contribution in [1.82, 2.24) is 0 Å². The van der Waals surface area contributed by atoms with Gasteiger partial charge in [0, 0.05) is 6.07 Å². The second kappa shape index (κ2) is 7.48. The lowest BCUT2D eigenvalue weighted by molar-refractivity contribution is 0.236. The topological polar surface area (TPSA) is 22.4 Å². The molecule has 14 heavy (non-hydrogen) atoms. The lowest BCUT2D eigenvalue weighted by Gasteiger charge is -2.02. The number of rotatable bonds is 8. The van der Waals surface area contributed by atoms with Crippen molar-refractivity contribution in [3.8, 4) is 5.95 Å². The van der Waals surface area contributed by atoms with E-state index in [0.717, 1.165) is 13.0 Å². The maximum Gasteiger partial charge on any atom is 0.284 e. The van der Waals surface area contributed by atoms with Crippen LogP contribution in [0.1, 0.15) is 45.4 Å². The minimum absolute atomic E-state index is 0.638. The van der Waals surface area contributed by atoms with Crippen molar-refractivity contribution in [3.05, 3.63) is 18.4 Å². The van der Waals surface area contributed by atoms with Gasteiger partial charge in [0.05, 0.1) is 12.9 Å². The SMILES string of the molecule is CCCCCCCCOc1ccco1. The summed E-state index contributed by atoms with van der Waals surface area (Å²) in [6, 6.07) is 3.69. The summed E-state index contributed by atoms with van der Waals surface area (Å²) in [6.45, 7) is 3.01. The molecular formula is C12H20O2. The Balaban J connectivity index is 1.85. The monoisotopic (exact) mass is 196 g/mol. The molecule has 0 saturated heterocycles. The number of unbranched alkanes of at least 4 members (excludes halogenated alkanes) is 5. The first-order valence-corrected chi connectivity index (χ1v) is 5.60. The Kier molecular flexibility index (Phi) is 5.96. The maximum absolute atomic E-state index is 5.39. The molecule has 0 bridgehead atoms. The van der Waals surface area contributed by atoms with Crippen LogP contribution in [0.25, 0.3) is 0 Å². The fourth-order valence-electron chi connectivity index (χ4n) is 1.40. The number of hydrogen-bond acceptors (Lipinski definition) is 2. The zero-order chi connectivity index (χ0) is 10.1. The van der Waals surface area contributed by atoms with Gasteiger partial charge in [0.1, 0.15) is 0 Å². The van der Waals surface area contributed by atoms with Gasteiger partial charge in [-0.2, -0.15) is 0 Å². The van der Waals surface area contributed by atoms with E-state index in [9.17, 15) is 0 Å². The van der Waals surface area contributed by atoms with E-state index in [1.165, 1.54) is 32.1 Å². The summed E-state index contributed by atoms with van der Waals surface area (Å²) in [6.07, 6.45) is 9.39. The van der Waals surface area contributed by atoms with Crippen LogP contribution in [0.3, 0.4) is 0 Å². The zero-order valence-electron chi connectivity index (χ0n) is 9.00. The lowest BCUT2D eigenvalue weighted by Crippen LogP contribution is -1.95. The lowest BCUT2D eigenvalue weighted by atomic mass is 10.1. The molecule has 0 unspecified atom stereocenters. The predicted octanol–water partition coefficient (Wildman–Crippen LogP) is 4.02. The Morgan fingerprint density at radius 3 is 2.64 bits per heavy atom. The number of furan rings is 1. The standard InChI is InChI=1S/C12H20O2/c1-2-3-4-5-6-7-10-13-12-9-8-11-14-12/h8-9,11H,2-7,10H2,1H3. The molecule has 1 heterocycles. The largest absolute Gasteiger partial charge is 0.465 e. The molecule has 2 nitrogen and oxygen atoms in total. The minimum Gasteiger partial charge on any atom is -0.465 e. The van der Waals surface area contributed by atoms with Crippen molar-refractivity contribution in [2.75, 3.05) is 6.61 Å². The molecule has 0 radical (unpaired) electrons. The van der Waals surface area contributed by atoms with Gasteiger partial charge in [-0.15, -0.1) is 0 Å². The molecule has 1 aromatic heterocycles. The fraction of sp³-hybridized carbons (Fsp3) is 0.667. The van der Waals surface area contributed by atoms with Gasteiger partial charge in [-0.3, -0.25) is 0 Å². The Morgan fingerprint density at radius 2 is 1.93 bits per heavy atom. The Morgan fingerprint density at radius 1 is 1.14 bits per heavy atom. The Labute approximate surface area is 86.3 Å². The average molecular weight is 196 g/mol. The fourth-order valence-corrected chi connectivity index (χ4v) is 1.40. The Bertz CT molecular complexity index is 204. The molecule has 0 aliphatic rings. The second-order valence-corrected chi connectivity index (χ2v) is 3.55. The number of ether oxygens (including phenoxy) is 1. The van der Waals surface area contributed by atoms with Crippen molar-refractivity contribution in [2.45, 2.75) is 45.4 Å². The summed E-state index contributed by atoms with van der Waals surface area (Å²) in [7, 11) is 0. The molecule has 0 amide bonds. The van der Waals surface area contributed by atoms with E-state index < -0.39 is 0 Å². The van der Waals surface area contributed by atoms with Gasteiger partial charge in [-0.1, -0.05) is 39.0 Å². The molecule has 0 fully saturated rings. The molecule has 1 aromatic rings. The minimum atomic E-state index is 0.638. The van der Waals surface area contributed by atoms with E-state index in [4.69, 9.17) is 9.15 Å². The van der Waals surface area contributed by atoms with Gasteiger partial charge < -0.3 is 9.15 Å². The molecular weight excluding hydrogens is 176 g/mol. The third-order valence-corrected chi connectivity index (χ3v) is 2.24. The molecule has 0 N–H and O–H groups in total. The Hall–Kier alpha value is -0.920. The highest BCUT2D eigenvalue weighted by Crippen LogP contribution is 2.11. The molecule has 0 aliphatic carbocycles. The normalized spacial score (nSPS) is 10.4. The molecule has 0 saturated carbocycles. The van der Waals surface area contributed by atoms with Crippen LogP contribution in [0.5, 0.6) is 5.95 Å². The van der Waals surface area contributed by atoms with Crippen molar-refractivity contribution in [2.24, 2.45) is 0 Å². The van der Waals surface area contributed by atoms with E-state index in [-0.39, 0.29) is 0 Å². The van der Waals surface area contributed by atoms with Gasteiger partial charge in [-0.25, -0.2) is 0 Å². The highest BCUT2D eigenvalue weighted by Gasteiger charge is 1.95. The maximum atomic E-state index is 5.39. The van der Waals surface area contributed by atoms with Crippen molar-refractivity contribution in [3.63, 3.8) is 0 Å². The van der Waals surface area contributed by atoms with Crippen LogP contribution >= 0.6 is 0 Å². The van der Waals surface area contributed by atoms with E-state index in [1.807, 2.05) is 12.1 Å².